The second kappa shape index (κ2) is 13.6. The number of hydrogen-bond donors (Lipinski definition) is 3. The number of aliphatic hydroxyl groups excluding tert-OH is 1. The number of aliphatic hydroxyl groups is 1. The third kappa shape index (κ3) is 7.19. The Morgan fingerprint density at radius 1 is 1.05 bits per heavy atom. The molecule has 6 nitrogen and oxygen atoms in total. The van der Waals surface area contributed by atoms with Gasteiger partial charge in [-0.2, -0.15) is 0 Å². The Bertz CT molecular complexity index is 1210. The Morgan fingerprint density at radius 2 is 1.70 bits per heavy atom. The van der Waals surface area contributed by atoms with Crippen molar-refractivity contribution in [1.29, 1.82) is 0 Å². The number of nitrogens with one attached hydrogen (secondary N) is 2. The van der Waals surface area contributed by atoms with Crippen molar-refractivity contribution < 1.29 is 18.3 Å². The maximum Gasteiger partial charge on any atom is 0.328 e. The summed E-state index contributed by atoms with van der Waals surface area (Å²) in [5.74, 6) is 4.01. The molecule has 0 aromatic heterocycles. The van der Waals surface area contributed by atoms with Gasteiger partial charge in [0.05, 0.1) is 11.0 Å². The number of fused-ring (bicyclic) bond motifs is 1. The molecule has 3 unspecified atom stereocenters. The van der Waals surface area contributed by atoms with Gasteiger partial charge in [0, 0.05) is 6.54 Å². The number of benzene rings is 1. The van der Waals surface area contributed by atoms with Crippen LogP contribution in [0.15, 0.2) is 41.8 Å². The lowest BCUT2D eigenvalue weighted by Gasteiger charge is -2.58. The van der Waals surface area contributed by atoms with Crippen molar-refractivity contribution >= 4 is 16.1 Å². The van der Waals surface area contributed by atoms with E-state index in [-0.39, 0.29) is 21.8 Å². The number of carbonyl (C=O) groups excluding carboxylic acids is 1. The van der Waals surface area contributed by atoms with Crippen LogP contribution >= 0.6 is 0 Å². The van der Waals surface area contributed by atoms with Gasteiger partial charge in [0.25, 0.3) is 10.0 Å². The van der Waals surface area contributed by atoms with Gasteiger partial charge in [-0.05, 0) is 129 Å². The zero-order chi connectivity index (χ0) is 31.6. The molecule has 2 amide bonds. The minimum absolute atomic E-state index is 0.0881. The number of rotatable bonds is 11. The van der Waals surface area contributed by atoms with E-state index < -0.39 is 16.1 Å². The zero-order valence-corrected chi connectivity index (χ0v) is 28.4. The Hall–Kier alpha value is -1.86. The summed E-state index contributed by atoms with van der Waals surface area (Å²) in [4.78, 5) is 12.6. The summed E-state index contributed by atoms with van der Waals surface area (Å²) in [5.41, 5.74) is 1.49. The molecule has 0 saturated heterocycles. The lowest BCUT2D eigenvalue weighted by Crippen LogP contribution is -2.51. The van der Waals surface area contributed by atoms with Gasteiger partial charge in [-0.15, -0.1) is 6.58 Å². The van der Waals surface area contributed by atoms with Gasteiger partial charge in [-0.1, -0.05) is 64.8 Å². The summed E-state index contributed by atoms with van der Waals surface area (Å²) in [6, 6.07) is 5.81. The lowest BCUT2D eigenvalue weighted by molar-refractivity contribution is -0.0901. The van der Waals surface area contributed by atoms with Gasteiger partial charge < -0.3 is 10.4 Å². The fraction of sp³-hybridized carbons (Fsp3) is 0.750. The second-order valence-corrected chi connectivity index (χ2v) is 16.7. The topological polar surface area (TPSA) is 95.5 Å². The molecule has 0 spiro atoms. The highest BCUT2D eigenvalue weighted by Crippen LogP contribution is 2.66. The molecule has 1 aromatic carbocycles. The van der Waals surface area contributed by atoms with Gasteiger partial charge in [0.2, 0.25) is 0 Å². The molecule has 3 saturated carbocycles. The van der Waals surface area contributed by atoms with Crippen molar-refractivity contribution in [3.05, 3.63) is 42.5 Å². The quantitative estimate of drug-likeness (QED) is 0.221. The number of sulfonamides is 1. The SMILES string of the molecule is C=C[C@@H](C1[C@@H](C2(C)CCC(O)CC2)CCC2(C)C([C@H](C)CCNC(=O)NS(=O)(=O)c3ccc(C)cc3)CC[C@@H]12)[C@@H](C)CC. The van der Waals surface area contributed by atoms with Gasteiger partial charge in [0.15, 0.2) is 0 Å². The van der Waals surface area contributed by atoms with Crippen LogP contribution in [0.5, 0.6) is 0 Å². The van der Waals surface area contributed by atoms with E-state index in [1.54, 1.807) is 12.1 Å². The van der Waals surface area contributed by atoms with Crippen LogP contribution in [0, 0.1) is 59.2 Å². The lowest BCUT2D eigenvalue weighted by atomic mass is 9.47. The maximum atomic E-state index is 12.6. The van der Waals surface area contributed by atoms with Crippen LogP contribution in [-0.2, 0) is 10.0 Å². The average Bonchev–Trinajstić information content (AvgIpc) is 3.32. The van der Waals surface area contributed by atoms with E-state index in [0.717, 1.165) is 44.1 Å². The summed E-state index contributed by atoms with van der Waals surface area (Å²) < 4.78 is 27.4. The minimum Gasteiger partial charge on any atom is -0.393 e. The molecule has 3 fully saturated rings. The average molecular weight is 615 g/mol. The standard InChI is InChI=1S/C36H58N2O4S/c1-8-25(4)29(9-2)33-31(35(6)20-16-27(39)17-21-35)18-22-36(7)30(14-15-32(33)36)26(5)19-23-37-34(40)38-43(41,42)28-12-10-24(3)11-13-28/h9-13,25-27,29-33,39H,2,8,14-23H2,1,3-7H3,(H2,37,38,40)/t25-,26+,27?,29+,30?,31-,32-,33?,35?,36?/m0/s1. The first-order valence-electron chi connectivity index (χ1n) is 16.9. The second-order valence-electron chi connectivity index (χ2n) is 15.0. The zero-order valence-electron chi connectivity index (χ0n) is 27.6. The Morgan fingerprint density at radius 3 is 2.30 bits per heavy atom. The summed E-state index contributed by atoms with van der Waals surface area (Å²) in [5, 5.41) is 13.1. The molecule has 4 rings (SSSR count). The number of urea groups is 1. The van der Waals surface area contributed by atoms with Crippen molar-refractivity contribution in [3.8, 4) is 0 Å². The van der Waals surface area contributed by atoms with Crippen molar-refractivity contribution in [1.82, 2.24) is 10.0 Å². The van der Waals surface area contributed by atoms with Crippen LogP contribution in [0.4, 0.5) is 4.79 Å². The van der Waals surface area contributed by atoms with Crippen molar-refractivity contribution in [2.45, 2.75) is 117 Å². The first-order chi connectivity index (χ1) is 20.3. The van der Waals surface area contributed by atoms with E-state index in [9.17, 15) is 18.3 Å². The van der Waals surface area contributed by atoms with E-state index in [4.69, 9.17) is 0 Å². The number of amides is 2. The Labute approximate surface area is 261 Å². The third-order valence-corrected chi connectivity index (χ3v) is 13.9. The van der Waals surface area contributed by atoms with Crippen LogP contribution < -0.4 is 10.0 Å². The molecule has 7 heteroatoms. The van der Waals surface area contributed by atoms with Crippen molar-refractivity contribution in [2.75, 3.05) is 6.54 Å². The molecule has 1 aromatic rings. The van der Waals surface area contributed by atoms with E-state index in [2.05, 4.69) is 57.3 Å². The summed E-state index contributed by atoms with van der Waals surface area (Å²) in [6.07, 6.45) is 13.2. The van der Waals surface area contributed by atoms with Gasteiger partial charge in [-0.25, -0.2) is 17.9 Å². The molecule has 0 heterocycles. The van der Waals surface area contributed by atoms with Crippen LogP contribution in [0.3, 0.4) is 0 Å². The molecule has 0 radical (unpaired) electrons. The molecular weight excluding hydrogens is 556 g/mol. The van der Waals surface area contributed by atoms with E-state index in [1.807, 2.05) is 6.92 Å². The molecular formula is C36H58N2O4S. The number of hydrogen-bond acceptors (Lipinski definition) is 4. The summed E-state index contributed by atoms with van der Waals surface area (Å²) in [6.45, 7) is 18.8. The molecule has 3 N–H and O–H groups in total. The molecule has 242 valence electrons. The number of aryl methyl sites for hydroxylation is 1. The van der Waals surface area contributed by atoms with Gasteiger partial charge in [-0.3, -0.25) is 0 Å². The Balaban J connectivity index is 1.43. The molecule has 0 bridgehead atoms. The van der Waals surface area contributed by atoms with Crippen LogP contribution in [0.25, 0.3) is 0 Å². The van der Waals surface area contributed by atoms with Crippen molar-refractivity contribution in [2.24, 2.45) is 52.3 Å². The fourth-order valence-corrected chi connectivity index (χ4v) is 10.7. The largest absolute Gasteiger partial charge is 0.393 e. The van der Waals surface area contributed by atoms with E-state index >= 15 is 0 Å². The predicted octanol–water partition coefficient (Wildman–Crippen LogP) is 7.86. The maximum absolute atomic E-state index is 12.6. The van der Waals surface area contributed by atoms with E-state index in [1.165, 1.54) is 37.8 Å². The van der Waals surface area contributed by atoms with Crippen LogP contribution in [-0.4, -0.2) is 32.2 Å². The normalized spacial score (nSPS) is 34.9. The first kappa shape index (κ1) is 34.0. The third-order valence-electron chi connectivity index (χ3n) is 12.5. The molecule has 3 aliphatic rings. The van der Waals surface area contributed by atoms with Crippen molar-refractivity contribution in [3.63, 3.8) is 0 Å². The molecule has 8 atom stereocenters. The fourth-order valence-electron chi connectivity index (χ4n) is 9.74. The summed E-state index contributed by atoms with van der Waals surface area (Å²) in [7, 11) is -3.90. The van der Waals surface area contributed by atoms with E-state index in [0.29, 0.717) is 48.0 Å². The summed E-state index contributed by atoms with van der Waals surface area (Å²) >= 11 is 0. The minimum atomic E-state index is -3.90. The highest BCUT2D eigenvalue weighted by molar-refractivity contribution is 7.90. The van der Waals surface area contributed by atoms with Gasteiger partial charge in [0.1, 0.15) is 0 Å². The highest BCUT2D eigenvalue weighted by atomic mass is 32.2. The molecule has 3 aliphatic carbocycles. The monoisotopic (exact) mass is 614 g/mol. The number of carbonyl (C=O) groups is 1. The van der Waals surface area contributed by atoms with Crippen LogP contribution in [0.1, 0.15) is 104 Å². The number of allylic oxidation sites excluding steroid dienone is 1. The molecule has 0 aliphatic heterocycles. The molecule has 43 heavy (non-hydrogen) atoms. The Kier molecular flexibility index (Phi) is 10.8. The predicted molar refractivity (Wildman–Crippen MR) is 175 cm³/mol. The van der Waals surface area contributed by atoms with Crippen LogP contribution in [0.2, 0.25) is 0 Å². The first-order valence-corrected chi connectivity index (χ1v) is 18.4. The van der Waals surface area contributed by atoms with Gasteiger partial charge >= 0.3 is 6.03 Å². The highest BCUT2D eigenvalue weighted by Gasteiger charge is 2.59. The smallest absolute Gasteiger partial charge is 0.328 e.